The Bertz CT molecular complexity index is 680. The molecular formula is C19H24N2O2. The molecule has 4 nitrogen and oxygen atoms in total. The number of ether oxygens (including phenoxy) is 1. The topological polar surface area (TPSA) is 41.6 Å². The molecule has 0 radical (unpaired) electrons. The van der Waals surface area contributed by atoms with Gasteiger partial charge in [-0.05, 0) is 42.2 Å². The molecule has 0 aromatic heterocycles. The summed E-state index contributed by atoms with van der Waals surface area (Å²) in [6.45, 7) is 3.41. The van der Waals surface area contributed by atoms with E-state index in [4.69, 9.17) is 4.74 Å². The monoisotopic (exact) mass is 312 g/mol. The van der Waals surface area contributed by atoms with Gasteiger partial charge >= 0.3 is 6.03 Å². The summed E-state index contributed by atoms with van der Waals surface area (Å²) < 4.78 is 5.63. The molecule has 0 bridgehead atoms. The van der Waals surface area contributed by atoms with Gasteiger partial charge in [-0.3, -0.25) is 0 Å². The van der Waals surface area contributed by atoms with E-state index in [1.54, 1.807) is 4.90 Å². The van der Waals surface area contributed by atoms with E-state index in [9.17, 15) is 4.79 Å². The molecule has 1 saturated heterocycles. The number of nitrogens with zero attached hydrogens (tertiary/aromatic N) is 1. The summed E-state index contributed by atoms with van der Waals surface area (Å²) in [5.74, 6) is 0. The van der Waals surface area contributed by atoms with Crippen molar-refractivity contribution < 1.29 is 9.53 Å². The van der Waals surface area contributed by atoms with Crippen LogP contribution in [0.25, 0.3) is 10.8 Å². The normalized spacial score (nSPS) is 18.8. The van der Waals surface area contributed by atoms with Crippen LogP contribution in [0.5, 0.6) is 0 Å². The van der Waals surface area contributed by atoms with Crippen LogP contribution in [0.4, 0.5) is 4.79 Å². The Balaban J connectivity index is 1.60. The van der Waals surface area contributed by atoms with Crippen LogP contribution in [0, 0.1) is 0 Å². The van der Waals surface area contributed by atoms with Crippen molar-refractivity contribution in [3.63, 3.8) is 0 Å². The first-order valence-electron chi connectivity index (χ1n) is 8.24. The third-order valence-electron chi connectivity index (χ3n) is 4.45. The molecule has 4 heteroatoms. The zero-order chi connectivity index (χ0) is 16.2. The van der Waals surface area contributed by atoms with Crippen LogP contribution in [0.2, 0.25) is 0 Å². The number of rotatable bonds is 4. The fourth-order valence-corrected chi connectivity index (χ4v) is 3.08. The lowest BCUT2D eigenvalue weighted by Crippen LogP contribution is -2.46. The van der Waals surface area contributed by atoms with Crippen LogP contribution in [0.1, 0.15) is 25.3 Å². The number of nitrogens with one attached hydrogen (secondary N) is 1. The Morgan fingerprint density at radius 1 is 1.30 bits per heavy atom. The summed E-state index contributed by atoms with van der Waals surface area (Å²) >= 11 is 0. The third kappa shape index (κ3) is 3.82. The minimum Gasteiger partial charge on any atom is -0.376 e. The molecule has 0 spiro atoms. The molecule has 2 amide bonds. The van der Waals surface area contributed by atoms with E-state index in [0.29, 0.717) is 6.54 Å². The number of benzene rings is 2. The van der Waals surface area contributed by atoms with Gasteiger partial charge in [-0.2, -0.15) is 0 Å². The first kappa shape index (κ1) is 15.8. The number of hydrogen-bond donors (Lipinski definition) is 1. The van der Waals surface area contributed by atoms with Crippen LogP contribution in [0.3, 0.4) is 0 Å². The molecular weight excluding hydrogens is 288 g/mol. The Labute approximate surface area is 137 Å². The maximum Gasteiger partial charge on any atom is 0.317 e. The highest BCUT2D eigenvalue weighted by atomic mass is 16.5. The number of urea groups is 1. The van der Waals surface area contributed by atoms with Crippen molar-refractivity contribution in [3.05, 3.63) is 48.0 Å². The number of carbonyl (C=O) groups is 1. The lowest BCUT2D eigenvalue weighted by molar-refractivity contribution is 0.0838. The second kappa shape index (κ2) is 7.01. The van der Waals surface area contributed by atoms with E-state index in [2.05, 4.69) is 35.6 Å². The zero-order valence-corrected chi connectivity index (χ0v) is 13.8. The van der Waals surface area contributed by atoms with Gasteiger partial charge in [0.15, 0.2) is 0 Å². The number of fused-ring (bicyclic) bond motifs is 1. The van der Waals surface area contributed by atoms with E-state index in [1.807, 2.05) is 26.1 Å². The summed E-state index contributed by atoms with van der Waals surface area (Å²) in [5.41, 5.74) is 1.13. The second-order valence-electron chi connectivity index (χ2n) is 6.33. The molecule has 1 N–H and O–H groups in total. The highest BCUT2D eigenvalue weighted by Gasteiger charge is 2.24. The quantitative estimate of drug-likeness (QED) is 0.938. The van der Waals surface area contributed by atoms with Gasteiger partial charge in [0.2, 0.25) is 0 Å². The SMILES string of the molecule is C[C@@H](NC(=O)N(C)Cc1ccc2ccccc2c1)[C@H]1CCCO1. The summed E-state index contributed by atoms with van der Waals surface area (Å²) in [4.78, 5) is 14.1. The Hall–Kier alpha value is -2.07. The molecule has 0 unspecified atom stereocenters. The van der Waals surface area contributed by atoms with Gasteiger partial charge in [-0.15, -0.1) is 0 Å². The lowest BCUT2D eigenvalue weighted by atomic mass is 10.1. The zero-order valence-electron chi connectivity index (χ0n) is 13.8. The van der Waals surface area contributed by atoms with Crippen molar-refractivity contribution in [1.29, 1.82) is 0 Å². The Morgan fingerprint density at radius 3 is 2.83 bits per heavy atom. The van der Waals surface area contributed by atoms with Gasteiger partial charge < -0.3 is 15.0 Å². The maximum absolute atomic E-state index is 12.3. The first-order chi connectivity index (χ1) is 11.1. The fourth-order valence-electron chi connectivity index (χ4n) is 3.08. The van der Waals surface area contributed by atoms with Crippen LogP contribution in [-0.2, 0) is 11.3 Å². The molecule has 1 aliphatic heterocycles. The fraction of sp³-hybridized carbons (Fsp3) is 0.421. The smallest absolute Gasteiger partial charge is 0.317 e. The molecule has 2 atom stereocenters. The average molecular weight is 312 g/mol. The summed E-state index contributed by atoms with van der Waals surface area (Å²) in [7, 11) is 1.83. The van der Waals surface area contributed by atoms with Crippen LogP contribution >= 0.6 is 0 Å². The molecule has 3 rings (SSSR count). The summed E-state index contributed by atoms with van der Waals surface area (Å²) in [6.07, 6.45) is 2.25. The van der Waals surface area contributed by atoms with Gasteiger partial charge in [-0.25, -0.2) is 4.79 Å². The van der Waals surface area contributed by atoms with Crippen LogP contribution in [-0.4, -0.2) is 36.7 Å². The minimum absolute atomic E-state index is 0.0454. The molecule has 23 heavy (non-hydrogen) atoms. The molecule has 2 aromatic rings. The average Bonchev–Trinajstić information content (AvgIpc) is 3.09. The van der Waals surface area contributed by atoms with Crippen molar-refractivity contribution in [2.75, 3.05) is 13.7 Å². The van der Waals surface area contributed by atoms with E-state index in [0.717, 1.165) is 25.0 Å². The third-order valence-corrected chi connectivity index (χ3v) is 4.45. The Morgan fingerprint density at radius 2 is 2.09 bits per heavy atom. The molecule has 0 aliphatic carbocycles. The lowest BCUT2D eigenvalue weighted by Gasteiger charge is -2.24. The molecule has 1 heterocycles. The van der Waals surface area contributed by atoms with Gasteiger partial charge in [0, 0.05) is 20.2 Å². The van der Waals surface area contributed by atoms with Crippen molar-refractivity contribution >= 4 is 16.8 Å². The van der Waals surface area contributed by atoms with Crippen molar-refractivity contribution in [2.45, 2.75) is 38.5 Å². The predicted octanol–water partition coefficient (Wildman–Crippen LogP) is 3.55. The largest absolute Gasteiger partial charge is 0.376 e. The standard InChI is InChI=1S/C19H24N2O2/c1-14(18-8-5-11-23-18)20-19(22)21(2)13-15-9-10-16-6-3-4-7-17(16)12-15/h3-4,6-7,9-10,12,14,18H,5,8,11,13H2,1-2H3,(H,20,22)/t14-,18-/m1/s1. The molecule has 1 fully saturated rings. The van der Waals surface area contributed by atoms with E-state index >= 15 is 0 Å². The maximum atomic E-state index is 12.3. The van der Waals surface area contributed by atoms with Gasteiger partial charge in [0.25, 0.3) is 0 Å². The van der Waals surface area contributed by atoms with Crippen molar-refractivity contribution in [3.8, 4) is 0 Å². The highest BCUT2D eigenvalue weighted by molar-refractivity contribution is 5.83. The minimum atomic E-state index is -0.0545. The highest BCUT2D eigenvalue weighted by Crippen LogP contribution is 2.17. The van der Waals surface area contributed by atoms with Gasteiger partial charge in [-0.1, -0.05) is 36.4 Å². The van der Waals surface area contributed by atoms with Crippen LogP contribution < -0.4 is 5.32 Å². The first-order valence-corrected chi connectivity index (χ1v) is 8.24. The van der Waals surface area contributed by atoms with Gasteiger partial charge in [0.05, 0.1) is 12.1 Å². The summed E-state index contributed by atoms with van der Waals surface area (Å²) in [5, 5.41) is 5.46. The molecule has 1 aliphatic rings. The Kier molecular flexibility index (Phi) is 4.82. The van der Waals surface area contributed by atoms with E-state index < -0.39 is 0 Å². The second-order valence-corrected chi connectivity index (χ2v) is 6.33. The van der Waals surface area contributed by atoms with Crippen molar-refractivity contribution in [2.24, 2.45) is 0 Å². The molecule has 0 saturated carbocycles. The van der Waals surface area contributed by atoms with Crippen LogP contribution in [0.15, 0.2) is 42.5 Å². The number of hydrogen-bond acceptors (Lipinski definition) is 2. The van der Waals surface area contributed by atoms with E-state index in [1.165, 1.54) is 10.8 Å². The van der Waals surface area contributed by atoms with E-state index in [-0.39, 0.29) is 18.2 Å². The predicted molar refractivity (Wildman–Crippen MR) is 92.4 cm³/mol. The van der Waals surface area contributed by atoms with Crippen molar-refractivity contribution in [1.82, 2.24) is 10.2 Å². The number of carbonyl (C=O) groups excluding carboxylic acids is 1. The molecule has 2 aromatic carbocycles. The molecule has 122 valence electrons. The van der Waals surface area contributed by atoms with Gasteiger partial charge in [0.1, 0.15) is 0 Å². The summed E-state index contributed by atoms with van der Waals surface area (Å²) in [6, 6.07) is 14.6. The number of amides is 2.